The summed E-state index contributed by atoms with van der Waals surface area (Å²) in [5, 5.41) is 8.81. The number of halogens is 1. The molecule has 0 spiro atoms. The molecule has 0 bridgehead atoms. The van der Waals surface area contributed by atoms with Crippen LogP contribution in [0.2, 0.25) is 0 Å². The van der Waals surface area contributed by atoms with Gasteiger partial charge in [-0.2, -0.15) is 0 Å². The molecule has 0 saturated heterocycles. The van der Waals surface area contributed by atoms with Crippen molar-refractivity contribution in [2.75, 3.05) is 12.3 Å². The highest BCUT2D eigenvalue weighted by atomic mass is 19.1. The molecule has 0 aliphatic rings. The molecule has 0 heterocycles. The first-order valence-corrected chi connectivity index (χ1v) is 4.42. The van der Waals surface area contributed by atoms with Crippen molar-refractivity contribution in [1.82, 2.24) is 0 Å². The monoisotopic (exact) mass is 198 g/mol. The molecule has 1 aromatic rings. The Morgan fingerprint density at radius 1 is 1.50 bits per heavy atom. The van der Waals surface area contributed by atoms with Gasteiger partial charge >= 0.3 is 0 Å². The van der Waals surface area contributed by atoms with Gasteiger partial charge in [0.1, 0.15) is 5.82 Å². The Hall–Kier alpha value is -1.13. The maximum atomic E-state index is 12.9. The minimum Gasteiger partial charge on any atom is -0.398 e. The third-order valence-corrected chi connectivity index (χ3v) is 2.26. The van der Waals surface area contributed by atoms with Crippen LogP contribution in [0.15, 0.2) is 18.2 Å². The lowest BCUT2D eigenvalue weighted by Gasteiger charge is -2.25. The SMILES string of the molecule is C[C@](N)(CCO)c1cc(F)ccc1N. The average molecular weight is 198 g/mol. The zero-order valence-corrected chi connectivity index (χ0v) is 8.13. The molecule has 0 aromatic heterocycles. The van der Waals surface area contributed by atoms with Crippen molar-refractivity contribution in [2.45, 2.75) is 18.9 Å². The van der Waals surface area contributed by atoms with Gasteiger partial charge in [0.05, 0.1) is 0 Å². The summed E-state index contributed by atoms with van der Waals surface area (Å²) >= 11 is 0. The van der Waals surface area contributed by atoms with Gasteiger partial charge in [-0.15, -0.1) is 0 Å². The van der Waals surface area contributed by atoms with E-state index in [1.807, 2.05) is 0 Å². The standard InChI is InChI=1S/C10H15FN2O/c1-10(13,4-5-14)8-6-7(11)2-3-9(8)12/h2-3,6,14H,4-5,12-13H2,1H3/t10-/m0/s1. The molecule has 0 saturated carbocycles. The number of nitrogen functional groups attached to an aromatic ring is 1. The summed E-state index contributed by atoms with van der Waals surface area (Å²) in [6, 6.07) is 4.08. The molecule has 1 aromatic carbocycles. The number of benzene rings is 1. The second-order valence-corrected chi connectivity index (χ2v) is 3.62. The largest absolute Gasteiger partial charge is 0.398 e. The summed E-state index contributed by atoms with van der Waals surface area (Å²) in [5.74, 6) is -0.371. The molecule has 0 radical (unpaired) electrons. The fraction of sp³-hybridized carbons (Fsp3) is 0.400. The van der Waals surface area contributed by atoms with Gasteiger partial charge in [0.25, 0.3) is 0 Å². The van der Waals surface area contributed by atoms with Gasteiger partial charge in [-0.25, -0.2) is 4.39 Å². The van der Waals surface area contributed by atoms with E-state index in [0.717, 1.165) is 0 Å². The maximum Gasteiger partial charge on any atom is 0.123 e. The smallest absolute Gasteiger partial charge is 0.123 e. The summed E-state index contributed by atoms with van der Waals surface area (Å²) in [5.41, 5.74) is 11.8. The van der Waals surface area contributed by atoms with Crippen LogP contribution in [0.1, 0.15) is 18.9 Å². The number of anilines is 1. The Morgan fingerprint density at radius 2 is 2.14 bits per heavy atom. The first-order chi connectivity index (χ1) is 6.47. The van der Waals surface area contributed by atoms with Gasteiger partial charge in [0.2, 0.25) is 0 Å². The Balaban J connectivity index is 3.10. The van der Waals surface area contributed by atoms with Crippen LogP contribution in [0, 0.1) is 5.82 Å². The molecule has 0 fully saturated rings. The van der Waals surface area contributed by atoms with E-state index in [9.17, 15) is 4.39 Å². The number of aliphatic hydroxyl groups is 1. The predicted molar refractivity (Wildman–Crippen MR) is 54.1 cm³/mol. The second kappa shape index (κ2) is 3.94. The molecule has 0 aliphatic heterocycles. The van der Waals surface area contributed by atoms with E-state index < -0.39 is 5.54 Å². The number of hydrogen-bond donors (Lipinski definition) is 3. The van der Waals surface area contributed by atoms with Crippen LogP contribution in [0.25, 0.3) is 0 Å². The molecule has 1 rings (SSSR count). The lowest BCUT2D eigenvalue weighted by atomic mass is 9.89. The summed E-state index contributed by atoms with van der Waals surface area (Å²) in [4.78, 5) is 0. The van der Waals surface area contributed by atoms with Crippen LogP contribution in [0.3, 0.4) is 0 Å². The van der Waals surface area contributed by atoms with E-state index in [1.165, 1.54) is 18.2 Å². The van der Waals surface area contributed by atoms with Crippen LogP contribution >= 0.6 is 0 Å². The van der Waals surface area contributed by atoms with E-state index in [0.29, 0.717) is 17.7 Å². The normalized spacial score (nSPS) is 15.1. The molecule has 14 heavy (non-hydrogen) atoms. The lowest BCUT2D eigenvalue weighted by Crippen LogP contribution is -2.35. The quantitative estimate of drug-likeness (QED) is 0.633. The Labute approximate surface area is 82.5 Å². The fourth-order valence-electron chi connectivity index (χ4n) is 1.39. The highest BCUT2D eigenvalue weighted by Crippen LogP contribution is 2.27. The summed E-state index contributed by atoms with van der Waals surface area (Å²) in [6.07, 6.45) is 0.348. The number of rotatable bonds is 3. The third kappa shape index (κ3) is 2.21. The van der Waals surface area contributed by atoms with Gasteiger partial charge in [-0.1, -0.05) is 0 Å². The molecule has 0 amide bonds. The van der Waals surface area contributed by atoms with Crippen molar-refractivity contribution in [3.63, 3.8) is 0 Å². The van der Waals surface area contributed by atoms with E-state index in [1.54, 1.807) is 6.92 Å². The van der Waals surface area contributed by atoms with Crippen LogP contribution in [0.4, 0.5) is 10.1 Å². The molecular formula is C10H15FN2O. The zero-order valence-electron chi connectivity index (χ0n) is 8.13. The van der Waals surface area contributed by atoms with E-state index in [-0.39, 0.29) is 12.4 Å². The van der Waals surface area contributed by atoms with Crippen LogP contribution in [0.5, 0.6) is 0 Å². The molecule has 0 aliphatic carbocycles. The van der Waals surface area contributed by atoms with Crippen molar-refractivity contribution in [3.8, 4) is 0 Å². The van der Waals surface area contributed by atoms with Crippen molar-refractivity contribution in [3.05, 3.63) is 29.6 Å². The van der Waals surface area contributed by atoms with Gasteiger partial charge in [0.15, 0.2) is 0 Å². The predicted octanol–water partition coefficient (Wildman–Crippen LogP) is 0.964. The van der Waals surface area contributed by atoms with Gasteiger partial charge in [0, 0.05) is 17.8 Å². The maximum absolute atomic E-state index is 12.9. The molecule has 1 atom stereocenters. The summed E-state index contributed by atoms with van der Waals surface area (Å²) in [7, 11) is 0. The molecule has 4 heteroatoms. The number of aliphatic hydroxyl groups excluding tert-OH is 1. The second-order valence-electron chi connectivity index (χ2n) is 3.62. The zero-order chi connectivity index (χ0) is 10.8. The van der Waals surface area contributed by atoms with Gasteiger partial charge in [-0.3, -0.25) is 0 Å². The average Bonchev–Trinajstić information content (AvgIpc) is 2.09. The molecule has 5 N–H and O–H groups in total. The van der Waals surface area contributed by atoms with E-state index >= 15 is 0 Å². The Morgan fingerprint density at radius 3 is 2.71 bits per heavy atom. The Bertz CT molecular complexity index is 326. The summed E-state index contributed by atoms with van der Waals surface area (Å²) in [6.45, 7) is 1.66. The van der Waals surface area contributed by atoms with Gasteiger partial charge in [-0.05, 0) is 37.1 Å². The van der Waals surface area contributed by atoms with Crippen molar-refractivity contribution < 1.29 is 9.50 Å². The van der Waals surface area contributed by atoms with Crippen LogP contribution in [-0.4, -0.2) is 11.7 Å². The fourth-order valence-corrected chi connectivity index (χ4v) is 1.39. The van der Waals surface area contributed by atoms with Crippen LogP contribution < -0.4 is 11.5 Å². The lowest BCUT2D eigenvalue weighted by molar-refractivity contribution is 0.247. The minimum absolute atomic E-state index is 0.0526. The van der Waals surface area contributed by atoms with E-state index in [4.69, 9.17) is 16.6 Å². The topological polar surface area (TPSA) is 72.3 Å². The summed E-state index contributed by atoms with van der Waals surface area (Å²) < 4.78 is 12.9. The highest BCUT2D eigenvalue weighted by Gasteiger charge is 2.23. The van der Waals surface area contributed by atoms with Crippen molar-refractivity contribution >= 4 is 5.69 Å². The highest BCUT2D eigenvalue weighted by molar-refractivity contribution is 5.50. The minimum atomic E-state index is -0.791. The van der Waals surface area contributed by atoms with Crippen molar-refractivity contribution in [1.29, 1.82) is 0 Å². The molecular weight excluding hydrogens is 183 g/mol. The van der Waals surface area contributed by atoms with E-state index in [2.05, 4.69) is 0 Å². The van der Waals surface area contributed by atoms with Gasteiger partial charge < -0.3 is 16.6 Å². The third-order valence-electron chi connectivity index (χ3n) is 2.26. The van der Waals surface area contributed by atoms with Crippen molar-refractivity contribution in [2.24, 2.45) is 5.73 Å². The molecule has 3 nitrogen and oxygen atoms in total. The Kier molecular flexibility index (Phi) is 3.08. The molecule has 0 unspecified atom stereocenters. The first kappa shape index (κ1) is 10.9. The first-order valence-electron chi connectivity index (χ1n) is 4.42. The molecule has 78 valence electrons. The number of hydrogen-bond acceptors (Lipinski definition) is 3. The van der Waals surface area contributed by atoms with Crippen LogP contribution in [-0.2, 0) is 5.54 Å². The number of nitrogens with two attached hydrogens (primary N) is 2.